The van der Waals surface area contributed by atoms with E-state index in [-0.39, 0.29) is 5.91 Å². The molecule has 0 saturated carbocycles. The third kappa shape index (κ3) is 6.18. The van der Waals surface area contributed by atoms with Gasteiger partial charge in [0.05, 0.1) is 22.2 Å². The lowest BCUT2D eigenvalue weighted by Crippen LogP contribution is -2.09. The maximum absolute atomic E-state index is 13.0. The highest BCUT2D eigenvalue weighted by atomic mass is 35.5. The highest BCUT2D eigenvalue weighted by Gasteiger charge is 2.17. The Bertz CT molecular complexity index is 2020. The SMILES string of the molecule is Cc1ccc(-n2ccc(-c3ccc(C(C)C)cc3-c3cc(C#N)cc(-c4ccc(C(=O)Nc5ccc(Cl)cc5)s4)c3)n2)nc1. The summed E-state index contributed by atoms with van der Waals surface area (Å²) in [5, 5.41) is 18.4. The van der Waals surface area contributed by atoms with Crippen LogP contribution in [0.2, 0.25) is 5.02 Å². The Hall–Kier alpha value is -5.03. The van der Waals surface area contributed by atoms with Crippen molar-refractivity contribution in [2.45, 2.75) is 26.7 Å². The number of thiophene rings is 1. The molecule has 0 atom stereocenters. The normalized spacial score (nSPS) is 11.0. The van der Waals surface area contributed by atoms with Gasteiger partial charge in [-0.1, -0.05) is 49.7 Å². The number of nitrogens with zero attached hydrogens (tertiary/aromatic N) is 4. The summed E-state index contributed by atoms with van der Waals surface area (Å²) in [6, 6.07) is 31.3. The average molecular weight is 614 g/mol. The van der Waals surface area contributed by atoms with Crippen LogP contribution >= 0.6 is 22.9 Å². The third-order valence-corrected chi connectivity index (χ3v) is 8.68. The van der Waals surface area contributed by atoms with Crippen molar-refractivity contribution in [1.82, 2.24) is 14.8 Å². The zero-order chi connectivity index (χ0) is 30.8. The van der Waals surface area contributed by atoms with Gasteiger partial charge in [-0.05, 0) is 107 Å². The fourth-order valence-corrected chi connectivity index (χ4v) is 5.92. The minimum Gasteiger partial charge on any atom is -0.321 e. The number of carbonyl (C=O) groups is 1. The molecule has 0 bridgehead atoms. The van der Waals surface area contributed by atoms with Gasteiger partial charge >= 0.3 is 0 Å². The topological polar surface area (TPSA) is 83.6 Å². The van der Waals surface area contributed by atoms with Gasteiger partial charge in [0.1, 0.15) is 0 Å². The molecule has 3 aromatic heterocycles. The van der Waals surface area contributed by atoms with Gasteiger partial charge in [-0.3, -0.25) is 4.79 Å². The zero-order valence-corrected chi connectivity index (χ0v) is 25.9. The smallest absolute Gasteiger partial charge is 0.265 e. The fourth-order valence-electron chi connectivity index (χ4n) is 4.90. The Morgan fingerprint density at radius 3 is 2.45 bits per heavy atom. The van der Waals surface area contributed by atoms with E-state index in [0.717, 1.165) is 44.2 Å². The maximum atomic E-state index is 13.0. The monoisotopic (exact) mass is 613 g/mol. The van der Waals surface area contributed by atoms with Crippen molar-refractivity contribution < 1.29 is 4.79 Å². The second-order valence-corrected chi connectivity index (χ2v) is 12.4. The molecule has 44 heavy (non-hydrogen) atoms. The lowest BCUT2D eigenvalue weighted by Gasteiger charge is -2.14. The van der Waals surface area contributed by atoms with E-state index in [9.17, 15) is 10.1 Å². The Kier molecular flexibility index (Phi) is 8.12. The van der Waals surface area contributed by atoms with E-state index >= 15 is 0 Å². The number of pyridine rings is 1. The minimum atomic E-state index is -0.203. The van der Waals surface area contributed by atoms with Gasteiger partial charge in [0.15, 0.2) is 5.82 Å². The Morgan fingerprint density at radius 2 is 1.73 bits per heavy atom. The Labute approximate surface area is 265 Å². The van der Waals surface area contributed by atoms with Crippen molar-refractivity contribution in [1.29, 1.82) is 5.26 Å². The summed E-state index contributed by atoms with van der Waals surface area (Å²) >= 11 is 7.36. The largest absolute Gasteiger partial charge is 0.321 e. The molecule has 0 aliphatic rings. The second-order valence-electron chi connectivity index (χ2n) is 10.8. The molecule has 6 rings (SSSR count). The highest BCUT2D eigenvalue weighted by molar-refractivity contribution is 7.17. The first kappa shape index (κ1) is 29.1. The summed E-state index contributed by atoms with van der Waals surface area (Å²) in [5.74, 6) is 0.852. The third-order valence-electron chi connectivity index (χ3n) is 7.30. The van der Waals surface area contributed by atoms with Crippen molar-refractivity contribution in [3.63, 3.8) is 0 Å². The number of aromatic nitrogens is 3. The molecule has 0 spiro atoms. The number of hydrogen-bond acceptors (Lipinski definition) is 5. The van der Waals surface area contributed by atoms with E-state index in [1.807, 2.05) is 55.7 Å². The molecule has 0 aliphatic heterocycles. The quantitative estimate of drug-likeness (QED) is 0.194. The van der Waals surface area contributed by atoms with Gasteiger partial charge in [-0.2, -0.15) is 10.4 Å². The molecule has 6 nitrogen and oxygen atoms in total. The van der Waals surface area contributed by atoms with Crippen molar-refractivity contribution in [2.75, 3.05) is 5.32 Å². The van der Waals surface area contributed by atoms with Crippen LogP contribution in [0.25, 0.3) is 38.6 Å². The zero-order valence-electron chi connectivity index (χ0n) is 24.4. The molecule has 0 radical (unpaired) electrons. The molecule has 0 aliphatic carbocycles. The summed E-state index contributed by atoms with van der Waals surface area (Å²) < 4.78 is 1.77. The molecule has 1 amide bonds. The summed E-state index contributed by atoms with van der Waals surface area (Å²) in [4.78, 5) is 18.9. The number of carbonyl (C=O) groups excluding carboxylic acids is 1. The molecule has 0 unspecified atom stereocenters. The summed E-state index contributed by atoms with van der Waals surface area (Å²) in [6.45, 7) is 6.33. The van der Waals surface area contributed by atoms with Crippen LogP contribution in [0.15, 0.2) is 103 Å². The van der Waals surface area contributed by atoms with Crippen LogP contribution in [0.3, 0.4) is 0 Å². The number of nitriles is 1. The molecule has 8 heteroatoms. The Balaban J connectivity index is 1.38. The van der Waals surface area contributed by atoms with Crippen LogP contribution in [0.5, 0.6) is 0 Å². The van der Waals surface area contributed by atoms with E-state index in [4.69, 9.17) is 16.7 Å². The van der Waals surface area contributed by atoms with Gasteiger partial charge < -0.3 is 5.32 Å². The first-order chi connectivity index (χ1) is 21.3. The van der Waals surface area contributed by atoms with E-state index in [0.29, 0.717) is 27.1 Å². The second kappa shape index (κ2) is 12.3. The molecule has 216 valence electrons. The predicted molar refractivity (Wildman–Crippen MR) is 178 cm³/mol. The summed E-state index contributed by atoms with van der Waals surface area (Å²) in [6.07, 6.45) is 3.73. The molecule has 3 aromatic carbocycles. The standard InChI is InChI=1S/C36H28ClN5OS/c1-22(2)25-5-10-30(32-14-15-42(41-32)35-13-4-23(3)21-39-35)31(19-25)26-16-24(20-38)17-27(18-26)33-11-12-34(44-33)36(43)40-29-8-6-28(37)7-9-29/h4-19,21-22H,1-3H3,(H,40,43). The lowest BCUT2D eigenvalue weighted by atomic mass is 9.90. The Morgan fingerprint density at radius 1 is 0.932 bits per heavy atom. The molecule has 3 heterocycles. The van der Waals surface area contributed by atoms with Gasteiger partial charge in [-0.25, -0.2) is 9.67 Å². The molecule has 6 aromatic rings. The average Bonchev–Trinajstić information content (AvgIpc) is 3.73. The number of nitrogens with one attached hydrogen (secondary N) is 1. The molecule has 1 N–H and O–H groups in total. The number of rotatable bonds is 7. The van der Waals surface area contributed by atoms with Crippen molar-refractivity contribution in [3.8, 4) is 44.7 Å². The first-order valence-corrected chi connectivity index (χ1v) is 15.3. The van der Waals surface area contributed by atoms with Crippen LogP contribution in [0.4, 0.5) is 5.69 Å². The first-order valence-electron chi connectivity index (χ1n) is 14.1. The maximum Gasteiger partial charge on any atom is 0.265 e. The molecule has 0 fully saturated rings. The minimum absolute atomic E-state index is 0.203. The molecular weight excluding hydrogens is 586 g/mol. The van der Waals surface area contributed by atoms with E-state index in [1.165, 1.54) is 16.9 Å². The number of aryl methyl sites for hydroxylation is 1. The number of benzene rings is 3. The van der Waals surface area contributed by atoms with Crippen molar-refractivity contribution in [2.24, 2.45) is 0 Å². The van der Waals surface area contributed by atoms with Crippen LogP contribution in [0.1, 0.15) is 46.1 Å². The van der Waals surface area contributed by atoms with Gasteiger partial charge in [0.2, 0.25) is 0 Å². The van der Waals surface area contributed by atoms with E-state index in [2.05, 4.69) is 54.5 Å². The van der Waals surface area contributed by atoms with Crippen LogP contribution in [-0.2, 0) is 0 Å². The van der Waals surface area contributed by atoms with Crippen molar-refractivity contribution in [3.05, 3.63) is 130 Å². The van der Waals surface area contributed by atoms with Gasteiger partial charge in [0.25, 0.3) is 5.91 Å². The molecule has 0 saturated heterocycles. The summed E-state index contributed by atoms with van der Waals surface area (Å²) in [5.41, 5.74) is 7.98. The van der Waals surface area contributed by atoms with Gasteiger partial charge in [0, 0.05) is 33.5 Å². The van der Waals surface area contributed by atoms with Crippen LogP contribution < -0.4 is 5.32 Å². The highest BCUT2D eigenvalue weighted by Crippen LogP contribution is 2.38. The fraction of sp³-hybridized carbons (Fsp3) is 0.111. The van der Waals surface area contributed by atoms with Crippen molar-refractivity contribution >= 4 is 34.5 Å². The van der Waals surface area contributed by atoms with E-state index < -0.39 is 0 Å². The number of anilines is 1. The summed E-state index contributed by atoms with van der Waals surface area (Å²) in [7, 11) is 0. The molecular formula is C36H28ClN5OS. The number of amides is 1. The van der Waals surface area contributed by atoms with Gasteiger partial charge in [-0.15, -0.1) is 11.3 Å². The van der Waals surface area contributed by atoms with Crippen LogP contribution in [0, 0.1) is 18.3 Å². The lowest BCUT2D eigenvalue weighted by molar-refractivity contribution is 0.103. The van der Waals surface area contributed by atoms with Crippen LogP contribution in [-0.4, -0.2) is 20.7 Å². The number of hydrogen-bond donors (Lipinski definition) is 1. The predicted octanol–water partition coefficient (Wildman–Crippen LogP) is 9.54. The van der Waals surface area contributed by atoms with E-state index in [1.54, 1.807) is 35.0 Å². The number of halogens is 1.